The number of ether oxygens (including phenoxy) is 3. The molecule has 65 radical (unpaired) electrons. The lowest BCUT2D eigenvalue weighted by Crippen LogP contribution is -2.97. The van der Waals surface area contributed by atoms with Crippen LogP contribution < -0.4 is 14.2 Å². The minimum atomic E-state index is -1.56. The van der Waals surface area contributed by atoms with Gasteiger partial charge in [0.05, 0.1) is 20.3 Å². The van der Waals surface area contributed by atoms with Crippen molar-refractivity contribution >= 4 is 457 Å². The number of halogens is 2. The molecule has 5 aromatic rings. The van der Waals surface area contributed by atoms with Gasteiger partial charge in [0.15, 0.2) is 11.5 Å². The molecule has 0 saturated carbocycles. The second-order valence-corrected chi connectivity index (χ2v) is 28.2. The van der Waals surface area contributed by atoms with Crippen LogP contribution in [0.3, 0.4) is 0 Å². The van der Waals surface area contributed by atoms with Crippen LogP contribution in [0.5, 0.6) is 17.2 Å². The number of fused-ring (bicyclic) bond motifs is 6. The number of H-pyrrole nitrogens is 1. The largest absolute Gasteiger partial charge is 0.497 e. The first-order valence-electron chi connectivity index (χ1n) is 34.5. The SMILES string of the molecule is COc1ccc2[nH]c3c(c2c1)CC1c2cc(OC)c(OCc4ccccc4F)cc2CCN1C3c1ccc(F)cc1.[B][B]B([B])B(B([B])[B])B(B(B([B])[B])B([B])[B])B(B(B(B([B])[B])B([B])[B])B(B([B])[B])B([B])[B])B(B(B(B([B])[B])B([B])[B])B(B([B])[B])B([B])[B])B(B(B([B])[B])B([B])[B])B(B([B])[B])B([B])[B]. The van der Waals surface area contributed by atoms with E-state index in [-0.39, 0.29) is 30.3 Å². The second kappa shape index (κ2) is 41.7. The molecule has 5 nitrogen and oxygen atoms in total. The minimum Gasteiger partial charge on any atom is -0.497 e. The molecule has 1 N–H and O–H groups in total. The van der Waals surface area contributed by atoms with Crippen molar-refractivity contribution in [2.75, 3.05) is 20.8 Å². The molecule has 3 heterocycles. The second-order valence-electron chi connectivity index (χ2n) is 28.2. The van der Waals surface area contributed by atoms with E-state index < -0.39 is 192 Å². The minimum absolute atomic E-state index is 0.0704. The summed E-state index contributed by atoms with van der Waals surface area (Å²) in [7, 11) is 217. The molecule has 0 fully saturated rings. The molecule has 2 aliphatic rings. The summed E-state index contributed by atoms with van der Waals surface area (Å²) in [6.45, 7) is 0.932. The topological polar surface area (TPSA) is 46.7 Å². The van der Waals surface area contributed by atoms with Crippen LogP contribution >= 0.6 is 0 Å². The molecule has 397 valence electrons. The molecule has 2 aliphatic heterocycles. The molecule has 104 heavy (non-hydrogen) atoms. The highest BCUT2D eigenvalue weighted by Gasteiger charge is 2.63. The monoisotopic (exact) mass is 1250 g/mol. The zero-order valence-corrected chi connectivity index (χ0v) is 59.3. The third-order valence-electron chi connectivity index (χ3n) is 21.6. The van der Waals surface area contributed by atoms with Crippen LogP contribution in [0.4, 0.5) is 8.78 Å². The maximum absolute atomic E-state index is 14.2. The molecule has 0 amide bonds. The van der Waals surface area contributed by atoms with Gasteiger partial charge in [0.2, 0.25) is 0 Å². The number of nitrogens with one attached hydrogen (secondary N) is 1. The summed E-state index contributed by atoms with van der Waals surface area (Å²) in [5.74, 6) is 1.49. The van der Waals surface area contributed by atoms with Crippen LogP contribution in [0.2, 0.25) is 0 Å². The van der Waals surface area contributed by atoms with E-state index in [1.807, 2.05) is 24.3 Å². The Morgan fingerprint density at radius 1 is 0.442 bits per heavy atom. The van der Waals surface area contributed by atoms with Crippen molar-refractivity contribution in [3.63, 3.8) is 0 Å². The first-order valence-corrected chi connectivity index (χ1v) is 34.5. The van der Waals surface area contributed by atoms with Crippen LogP contribution in [0, 0.1) is 11.6 Å². The molecular weight excluding hydrogens is 1200 g/mol. The van der Waals surface area contributed by atoms with Crippen molar-refractivity contribution in [1.29, 1.82) is 0 Å². The van der Waals surface area contributed by atoms with Gasteiger partial charge in [0.1, 0.15) is 24.0 Å². The Bertz CT molecular complexity index is 3270. The molecule has 0 aliphatic carbocycles. The molecule has 2 unspecified atom stereocenters. The molecule has 70 heteroatoms. The highest BCUT2D eigenvalue weighted by atomic mass is 19.1. The van der Waals surface area contributed by atoms with E-state index >= 15 is 0 Å². The molecule has 0 bridgehead atoms. The summed E-state index contributed by atoms with van der Waals surface area (Å²) in [5.41, 5.74) is 7.33. The maximum Gasteiger partial charge on any atom is 0.161 e. The number of hydrogen-bond donors (Lipinski definition) is 1. The number of methoxy groups -OCH3 is 2. The molecule has 1 aromatic heterocycles. The fourth-order valence-electron chi connectivity index (χ4n) is 17.4. The molecule has 0 saturated heterocycles. The zero-order valence-electron chi connectivity index (χ0n) is 59.3. The third-order valence-corrected chi connectivity index (χ3v) is 21.6. The normalized spacial score (nSPS) is 13.0. The lowest BCUT2D eigenvalue weighted by Gasteiger charge is -2.59. The zero-order chi connectivity index (χ0) is 78.1. The number of nitrogens with zero attached hydrogens (tertiary/aromatic N) is 1. The molecule has 7 rings (SSSR count). The highest BCUT2D eigenvalue weighted by Crippen LogP contribution is 2.50. The van der Waals surface area contributed by atoms with Gasteiger partial charge in [0, 0.05) is 481 Å². The van der Waals surface area contributed by atoms with Crippen molar-refractivity contribution in [1.82, 2.24) is 9.88 Å². The quantitative estimate of drug-likeness (QED) is 0.0406. The van der Waals surface area contributed by atoms with Crippen molar-refractivity contribution < 1.29 is 23.0 Å². The molecule has 4 aromatic carbocycles. The van der Waals surface area contributed by atoms with Gasteiger partial charge in [0.25, 0.3) is 0 Å². The van der Waals surface area contributed by atoms with E-state index in [9.17, 15) is 8.78 Å². The fourth-order valence-corrected chi connectivity index (χ4v) is 17.4. The third kappa shape index (κ3) is 21.8. The van der Waals surface area contributed by atoms with E-state index in [4.69, 9.17) is 262 Å². The summed E-state index contributed by atoms with van der Waals surface area (Å²) in [6.07, 6.45) is -42.0. The van der Waals surface area contributed by atoms with Crippen LogP contribution in [0.1, 0.15) is 45.6 Å². The smallest absolute Gasteiger partial charge is 0.161 e. The summed E-state index contributed by atoms with van der Waals surface area (Å²) >= 11 is 0. The summed E-state index contributed by atoms with van der Waals surface area (Å²) in [6, 6.07) is 23.7. The summed E-state index contributed by atoms with van der Waals surface area (Å²) in [4.78, 5) is 6.19. The van der Waals surface area contributed by atoms with E-state index in [1.54, 1.807) is 32.4 Å². The predicted octanol–water partition coefficient (Wildman–Crippen LogP) is -16.7. The number of aromatic amines is 1. The average molecular weight is 1230 g/mol. The highest BCUT2D eigenvalue weighted by molar-refractivity contribution is 8.38. The first-order chi connectivity index (χ1) is 48.7. The van der Waals surface area contributed by atoms with Crippen molar-refractivity contribution in [3.05, 3.63) is 124 Å². The van der Waals surface area contributed by atoms with Gasteiger partial charge in [-0.15, -0.1) is 0 Å². The first kappa shape index (κ1) is 92.6. The lowest BCUT2D eigenvalue weighted by molar-refractivity contribution is 0.127. The average Bonchev–Trinajstić information content (AvgIpc) is 1.15. The van der Waals surface area contributed by atoms with Crippen molar-refractivity contribution in [2.45, 2.75) is 31.5 Å². The van der Waals surface area contributed by atoms with Gasteiger partial charge >= 0.3 is 0 Å². The van der Waals surface area contributed by atoms with Crippen LogP contribution in [0.25, 0.3) is 10.9 Å². The van der Waals surface area contributed by atoms with E-state index in [0.29, 0.717) is 17.1 Å². The fraction of sp³-hybridized carbons (Fsp3) is 0.235. The number of benzene rings is 4. The van der Waals surface area contributed by atoms with Gasteiger partial charge in [-0.3, -0.25) is 4.90 Å². The maximum atomic E-state index is 14.2. The standard InChI is InChI=1S/C34H30F2N2O3.B63/c1-39-24-11-12-29-26(16-24)27-17-30-25-18-31(40-2)32(41-19-22-5-3-4-6-28(22)36)15-21(25)13-14-38(30)34(33(27)37-29)20-7-9-23(35)10-8-20;1-33-49(32)57(48(30)31)61(56(46(26)27)47(28)29)63(60(54(42(18)19)43(20)21)55(44(22)23)45(24)25)62(58(50(34(2)3)35(4)5)51(36(6)7)37(8)9)59(52(38(10)11)39(12)13)53(40(14)15)41(16)17/h3-12,15-16,18,30,34,37H,13-14,17,19H2,1-2H3;. The Balaban J connectivity index is 0.000000352. The van der Waals surface area contributed by atoms with Gasteiger partial charge < -0.3 is 19.2 Å². The van der Waals surface area contributed by atoms with Crippen molar-refractivity contribution in [2.24, 2.45) is 0 Å². The molecule has 2 atom stereocenters. The van der Waals surface area contributed by atoms with E-state index in [1.165, 1.54) is 34.9 Å². The van der Waals surface area contributed by atoms with Crippen molar-refractivity contribution in [3.8, 4) is 17.2 Å². The summed E-state index contributed by atoms with van der Waals surface area (Å²) < 4.78 is 45.6. The Morgan fingerprint density at radius 2 is 0.827 bits per heavy atom. The predicted molar refractivity (Wildman–Crippen MR) is 516 cm³/mol. The van der Waals surface area contributed by atoms with Gasteiger partial charge in [-0.1, -0.05) is 30.3 Å². The Kier molecular flexibility index (Phi) is 37.1. The van der Waals surface area contributed by atoms with E-state index in [0.717, 1.165) is 54.4 Å². The van der Waals surface area contributed by atoms with E-state index in [2.05, 4.69) is 28.1 Å². The summed E-state index contributed by atoms with van der Waals surface area (Å²) in [5, 5.41) is 1.13. The number of rotatable bonds is 36. The lowest BCUT2D eigenvalue weighted by atomic mass is 8.22. The Hall–Kier alpha value is -0.269. The molecule has 0 spiro atoms. The van der Waals surface area contributed by atoms with Gasteiger partial charge in [-0.2, -0.15) is 0 Å². The van der Waals surface area contributed by atoms with Crippen LogP contribution in [0.15, 0.2) is 78.9 Å². The number of aromatic nitrogens is 1. The molecular formula is C34H30B63F2N2O3. The van der Waals surface area contributed by atoms with Crippen LogP contribution in [-0.4, -0.2) is 477 Å². The van der Waals surface area contributed by atoms with Gasteiger partial charge in [-0.05, 0) is 83.6 Å². The number of hydrogen-bond acceptors (Lipinski definition) is 4. The Morgan fingerprint density at radius 3 is 1.19 bits per heavy atom. The van der Waals surface area contributed by atoms with Gasteiger partial charge in [-0.25, -0.2) is 8.78 Å². The Labute approximate surface area is 677 Å². The van der Waals surface area contributed by atoms with Crippen LogP contribution in [-0.2, 0) is 19.4 Å².